The summed E-state index contributed by atoms with van der Waals surface area (Å²) in [6.07, 6.45) is 2.80. The van der Waals surface area contributed by atoms with E-state index in [1.165, 1.54) is 12.0 Å². The van der Waals surface area contributed by atoms with Crippen molar-refractivity contribution < 1.29 is 4.79 Å². The number of benzene rings is 1. The van der Waals surface area contributed by atoms with Crippen LogP contribution in [0.2, 0.25) is 0 Å². The van der Waals surface area contributed by atoms with Crippen molar-refractivity contribution in [2.45, 2.75) is 40.0 Å². The first-order valence-corrected chi connectivity index (χ1v) is 10.0. The molecule has 1 N–H and O–H groups in total. The molecule has 27 heavy (non-hydrogen) atoms. The number of amides is 1. The predicted molar refractivity (Wildman–Crippen MR) is 124 cm³/mol. The second kappa shape index (κ2) is 13.0. The van der Waals surface area contributed by atoms with E-state index in [0.717, 1.165) is 45.1 Å². The van der Waals surface area contributed by atoms with Crippen LogP contribution < -0.4 is 5.32 Å². The van der Waals surface area contributed by atoms with Crippen LogP contribution in [0.5, 0.6) is 0 Å². The Morgan fingerprint density at radius 2 is 1.93 bits per heavy atom. The number of aliphatic imine (C=N–C) groups is 1. The fraction of sp³-hybridized carbons (Fsp3) is 0.619. The minimum Gasteiger partial charge on any atom is -0.357 e. The minimum absolute atomic E-state index is 0. The first-order chi connectivity index (χ1) is 12.7. The van der Waals surface area contributed by atoms with Gasteiger partial charge in [-0.05, 0) is 45.1 Å². The molecule has 1 atom stereocenters. The maximum atomic E-state index is 12.1. The normalized spacial score (nSPS) is 16.8. The average Bonchev–Trinajstić information content (AvgIpc) is 3.11. The molecule has 1 aromatic carbocycles. The summed E-state index contributed by atoms with van der Waals surface area (Å²) < 4.78 is 0. The number of nitrogens with zero attached hydrogens (tertiary/aromatic N) is 3. The number of halogens is 1. The molecular weight excluding hydrogens is 451 g/mol. The molecule has 1 aliphatic heterocycles. The minimum atomic E-state index is 0. The van der Waals surface area contributed by atoms with Crippen molar-refractivity contribution in [2.75, 3.05) is 39.3 Å². The van der Waals surface area contributed by atoms with Crippen molar-refractivity contribution in [1.29, 1.82) is 0 Å². The van der Waals surface area contributed by atoms with Crippen LogP contribution in [0.3, 0.4) is 0 Å². The zero-order valence-electron chi connectivity index (χ0n) is 17.0. The lowest BCUT2D eigenvalue weighted by molar-refractivity contribution is -0.130. The van der Waals surface area contributed by atoms with E-state index in [4.69, 9.17) is 4.99 Å². The Morgan fingerprint density at radius 1 is 1.22 bits per heavy atom. The Balaban J connectivity index is 0.00000364. The smallest absolute Gasteiger partial charge is 0.224 e. The predicted octanol–water partition coefficient (Wildman–Crippen LogP) is 3.39. The number of hydrogen-bond acceptors (Lipinski definition) is 2. The van der Waals surface area contributed by atoms with E-state index in [1.807, 2.05) is 18.7 Å². The van der Waals surface area contributed by atoms with Gasteiger partial charge in [0.25, 0.3) is 0 Å². The summed E-state index contributed by atoms with van der Waals surface area (Å²) in [6.45, 7) is 11.1. The lowest BCUT2D eigenvalue weighted by Crippen LogP contribution is -2.40. The number of guanidine groups is 1. The van der Waals surface area contributed by atoms with E-state index < -0.39 is 0 Å². The van der Waals surface area contributed by atoms with Gasteiger partial charge in [0.2, 0.25) is 5.91 Å². The maximum absolute atomic E-state index is 12.1. The fourth-order valence-corrected chi connectivity index (χ4v) is 3.56. The Labute approximate surface area is 181 Å². The summed E-state index contributed by atoms with van der Waals surface area (Å²) in [5, 5.41) is 3.39. The van der Waals surface area contributed by atoms with Crippen molar-refractivity contribution in [3.63, 3.8) is 0 Å². The number of carbonyl (C=O) groups is 1. The topological polar surface area (TPSA) is 47.9 Å². The van der Waals surface area contributed by atoms with Crippen molar-refractivity contribution in [3.8, 4) is 0 Å². The van der Waals surface area contributed by atoms with Crippen molar-refractivity contribution in [2.24, 2.45) is 10.9 Å². The molecule has 1 aromatic rings. The van der Waals surface area contributed by atoms with Gasteiger partial charge in [-0.25, -0.2) is 0 Å². The molecule has 0 spiro atoms. The van der Waals surface area contributed by atoms with Gasteiger partial charge >= 0.3 is 0 Å². The molecule has 0 aliphatic carbocycles. The van der Waals surface area contributed by atoms with E-state index in [2.05, 4.69) is 47.5 Å². The molecule has 2 rings (SSSR count). The molecule has 0 saturated carbocycles. The summed E-state index contributed by atoms with van der Waals surface area (Å²) >= 11 is 0. The first-order valence-electron chi connectivity index (χ1n) is 10.0. The Kier molecular flexibility index (Phi) is 11.4. The number of rotatable bonds is 8. The molecule has 152 valence electrons. The molecular formula is C21H35IN4O. The van der Waals surface area contributed by atoms with Gasteiger partial charge < -0.3 is 15.1 Å². The first kappa shape index (κ1) is 23.7. The molecule has 5 nitrogen and oxygen atoms in total. The van der Waals surface area contributed by atoms with Crippen molar-refractivity contribution >= 4 is 35.8 Å². The summed E-state index contributed by atoms with van der Waals surface area (Å²) in [4.78, 5) is 21.1. The lowest BCUT2D eigenvalue weighted by Gasteiger charge is -2.22. The third kappa shape index (κ3) is 7.68. The summed E-state index contributed by atoms with van der Waals surface area (Å²) in [5.74, 6) is 1.81. The quantitative estimate of drug-likeness (QED) is 0.348. The van der Waals surface area contributed by atoms with E-state index in [-0.39, 0.29) is 29.9 Å². The maximum Gasteiger partial charge on any atom is 0.224 e. The van der Waals surface area contributed by atoms with Crippen LogP contribution in [0, 0.1) is 5.92 Å². The Morgan fingerprint density at radius 3 is 2.56 bits per heavy atom. The van der Waals surface area contributed by atoms with Gasteiger partial charge in [0.15, 0.2) is 5.96 Å². The number of carbonyl (C=O) groups excluding carboxylic acids is 1. The van der Waals surface area contributed by atoms with Crippen LogP contribution in [-0.2, 0) is 11.2 Å². The van der Waals surface area contributed by atoms with Crippen LogP contribution >= 0.6 is 24.0 Å². The molecule has 0 radical (unpaired) electrons. The SMILES string of the molecule is CCNC(=NCCC(=O)N(CC)CC)N1CCC(Cc2ccccc2)C1.I. The molecule has 1 unspecified atom stereocenters. The summed E-state index contributed by atoms with van der Waals surface area (Å²) in [5.41, 5.74) is 1.41. The van der Waals surface area contributed by atoms with Crippen molar-refractivity contribution in [3.05, 3.63) is 35.9 Å². The Hall–Kier alpha value is -1.31. The summed E-state index contributed by atoms with van der Waals surface area (Å²) in [6, 6.07) is 10.7. The van der Waals surface area contributed by atoms with Gasteiger partial charge in [0, 0.05) is 39.1 Å². The van der Waals surface area contributed by atoms with Gasteiger partial charge in [-0.15, -0.1) is 24.0 Å². The molecule has 0 bridgehead atoms. The number of hydrogen-bond donors (Lipinski definition) is 1. The molecule has 1 saturated heterocycles. The van der Waals surface area contributed by atoms with Gasteiger partial charge in [-0.3, -0.25) is 9.79 Å². The highest BCUT2D eigenvalue weighted by molar-refractivity contribution is 14.0. The highest BCUT2D eigenvalue weighted by Crippen LogP contribution is 2.20. The Bertz CT molecular complexity index is 575. The summed E-state index contributed by atoms with van der Waals surface area (Å²) in [7, 11) is 0. The van der Waals surface area contributed by atoms with Crippen LogP contribution in [0.15, 0.2) is 35.3 Å². The molecule has 1 heterocycles. The lowest BCUT2D eigenvalue weighted by atomic mass is 9.99. The van der Waals surface area contributed by atoms with Gasteiger partial charge in [0.05, 0.1) is 6.54 Å². The molecule has 6 heteroatoms. The highest BCUT2D eigenvalue weighted by atomic mass is 127. The van der Waals surface area contributed by atoms with E-state index >= 15 is 0 Å². The second-order valence-corrected chi connectivity index (χ2v) is 6.84. The largest absolute Gasteiger partial charge is 0.357 e. The van der Waals surface area contributed by atoms with E-state index in [1.54, 1.807) is 0 Å². The molecule has 0 aromatic heterocycles. The number of nitrogens with one attached hydrogen (secondary N) is 1. The average molecular weight is 486 g/mol. The number of likely N-dealkylation sites (tertiary alicyclic amines) is 1. The van der Waals surface area contributed by atoms with Gasteiger partial charge in [-0.2, -0.15) is 0 Å². The van der Waals surface area contributed by atoms with Crippen LogP contribution in [0.1, 0.15) is 39.2 Å². The zero-order valence-corrected chi connectivity index (χ0v) is 19.3. The van der Waals surface area contributed by atoms with Crippen LogP contribution in [0.25, 0.3) is 0 Å². The van der Waals surface area contributed by atoms with Crippen LogP contribution in [-0.4, -0.2) is 60.9 Å². The third-order valence-corrected chi connectivity index (χ3v) is 4.99. The van der Waals surface area contributed by atoms with Gasteiger partial charge in [0.1, 0.15) is 0 Å². The van der Waals surface area contributed by atoms with Crippen LogP contribution in [0.4, 0.5) is 0 Å². The van der Waals surface area contributed by atoms with E-state index in [0.29, 0.717) is 18.9 Å². The van der Waals surface area contributed by atoms with E-state index in [9.17, 15) is 4.79 Å². The molecule has 1 amide bonds. The monoisotopic (exact) mass is 486 g/mol. The molecule has 1 fully saturated rings. The second-order valence-electron chi connectivity index (χ2n) is 6.84. The van der Waals surface area contributed by atoms with Gasteiger partial charge in [-0.1, -0.05) is 30.3 Å². The highest BCUT2D eigenvalue weighted by Gasteiger charge is 2.25. The van der Waals surface area contributed by atoms with Crippen molar-refractivity contribution in [1.82, 2.24) is 15.1 Å². The zero-order chi connectivity index (χ0) is 18.8. The third-order valence-electron chi connectivity index (χ3n) is 4.99. The standard InChI is InChI=1S/C21H34N4O.HI/c1-4-22-21(23-14-12-20(26)24(5-2)6-3)25-15-13-19(17-25)16-18-10-8-7-9-11-18;/h7-11,19H,4-6,12-17H2,1-3H3,(H,22,23);1H. The molecule has 1 aliphatic rings. The fourth-order valence-electron chi connectivity index (χ4n) is 3.56.